The standard InChI is InChI=1S/C20H29N3O3/c1-6-23-13-16(12-21-23)20(24)22-19(14(4)5)15-9-10-17(25-7-2)18(11-15)26-8-3/h9-14,19H,6-8H2,1-5H3,(H,22,24). The molecule has 0 aliphatic rings. The van der Waals surface area contributed by atoms with E-state index in [0.717, 1.165) is 17.9 Å². The lowest BCUT2D eigenvalue weighted by Gasteiger charge is -2.24. The molecule has 6 nitrogen and oxygen atoms in total. The Morgan fingerprint density at radius 3 is 2.42 bits per heavy atom. The van der Waals surface area contributed by atoms with E-state index in [4.69, 9.17) is 9.47 Å². The predicted molar refractivity (Wildman–Crippen MR) is 102 cm³/mol. The molecular weight excluding hydrogens is 330 g/mol. The Morgan fingerprint density at radius 2 is 1.85 bits per heavy atom. The average molecular weight is 359 g/mol. The monoisotopic (exact) mass is 359 g/mol. The van der Waals surface area contributed by atoms with E-state index < -0.39 is 0 Å². The lowest BCUT2D eigenvalue weighted by Crippen LogP contribution is -2.31. The molecule has 2 rings (SSSR count). The van der Waals surface area contributed by atoms with Gasteiger partial charge in [-0.25, -0.2) is 0 Å². The van der Waals surface area contributed by atoms with Crippen molar-refractivity contribution in [1.82, 2.24) is 15.1 Å². The van der Waals surface area contributed by atoms with Gasteiger partial charge in [0.1, 0.15) is 0 Å². The van der Waals surface area contributed by atoms with Gasteiger partial charge in [-0.1, -0.05) is 19.9 Å². The number of amides is 1. The first kappa shape index (κ1) is 19.8. The van der Waals surface area contributed by atoms with Crippen molar-refractivity contribution in [2.75, 3.05) is 13.2 Å². The number of benzene rings is 1. The van der Waals surface area contributed by atoms with Gasteiger partial charge in [0.05, 0.1) is 31.0 Å². The summed E-state index contributed by atoms with van der Waals surface area (Å²) in [5.41, 5.74) is 1.55. The Bertz CT molecular complexity index is 725. The fourth-order valence-electron chi connectivity index (χ4n) is 2.77. The third-order valence-corrected chi connectivity index (χ3v) is 4.10. The van der Waals surface area contributed by atoms with E-state index in [2.05, 4.69) is 24.3 Å². The lowest BCUT2D eigenvalue weighted by atomic mass is 9.95. The largest absolute Gasteiger partial charge is 0.490 e. The molecule has 1 unspecified atom stereocenters. The fraction of sp³-hybridized carbons (Fsp3) is 0.500. The van der Waals surface area contributed by atoms with Crippen molar-refractivity contribution < 1.29 is 14.3 Å². The van der Waals surface area contributed by atoms with Crippen LogP contribution in [0.5, 0.6) is 11.5 Å². The van der Waals surface area contributed by atoms with Crippen LogP contribution in [-0.4, -0.2) is 28.9 Å². The summed E-state index contributed by atoms with van der Waals surface area (Å²) >= 11 is 0. The second-order valence-electron chi connectivity index (χ2n) is 6.35. The predicted octanol–water partition coefficient (Wildman–Crippen LogP) is 3.83. The average Bonchev–Trinajstić information content (AvgIpc) is 3.10. The van der Waals surface area contributed by atoms with Gasteiger partial charge in [0.25, 0.3) is 5.91 Å². The molecule has 0 radical (unpaired) electrons. The van der Waals surface area contributed by atoms with Crippen LogP contribution in [-0.2, 0) is 6.54 Å². The molecular formula is C20H29N3O3. The molecule has 0 saturated heterocycles. The molecule has 1 aromatic heterocycles. The SMILES string of the molecule is CCOc1ccc(C(NC(=O)c2cnn(CC)c2)C(C)C)cc1OCC. The van der Waals surface area contributed by atoms with E-state index in [1.165, 1.54) is 0 Å². The number of rotatable bonds is 9. The van der Waals surface area contributed by atoms with Crippen LogP contribution in [0.15, 0.2) is 30.6 Å². The van der Waals surface area contributed by atoms with Crippen molar-refractivity contribution in [2.45, 2.75) is 47.2 Å². The normalized spacial score (nSPS) is 12.1. The van der Waals surface area contributed by atoms with Crippen LogP contribution in [0.3, 0.4) is 0 Å². The summed E-state index contributed by atoms with van der Waals surface area (Å²) in [5, 5.41) is 7.29. The Hall–Kier alpha value is -2.50. The van der Waals surface area contributed by atoms with E-state index in [1.54, 1.807) is 17.1 Å². The van der Waals surface area contributed by atoms with Gasteiger partial charge in [0.15, 0.2) is 11.5 Å². The van der Waals surface area contributed by atoms with Crippen LogP contribution in [0.4, 0.5) is 0 Å². The molecule has 0 spiro atoms. The minimum atomic E-state index is -0.137. The van der Waals surface area contributed by atoms with Crippen molar-refractivity contribution in [3.8, 4) is 11.5 Å². The zero-order valence-electron chi connectivity index (χ0n) is 16.3. The third-order valence-electron chi connectivity index (χ3n) is 4.10. The number of aryl methyl sites for hydroxylation is 1. The molecule has 26 heavy (non-hydrogen) atoms. The third kappa shape index (κ3) is 4.77. The minimum absolute atomic E-state index is 0.129. The summed E-state index contributed by atoms with van der Waals surface area (Å²) in [6.45, 7) is 11.9. The van der Waals surface area contributed by atoms with Crippen LogP contribution >= 0.6 is 0 Å². The first-order valence-corrected chi connectivity index (χ1v) is 9.22. The summed E-state index contributed by atoms with van der Waals surface area (Å²) in [6, 6.07) is 5.70. The molecule has 2 aromatic rings. The molecule has 1 aromatic carbocycles. The van der Waals surface area contributed by atoms with Crippen LogP contribution < -0.4 is 14.8 Å². The second kappa shape index (κ2) is 9.27. The molecule has 1 N–H and O–H groups in total. The summed E-state index contributed by atoms with van der Waals surface area (Å²) in [7, 11) is 0. The van der Waals surface area contributed by atoms with Crippen LogP contribution in [0, 0.1) is 5.92 Å². The van der Waals surface area contributed by atoms with Gasteiger partial charge in [-0.3, -0.25) is 9.48 Å². The first-order chi connectivity index (χ1) is 12.5. The smallest absolute Gasteiger partial charge is 0.254 e. The molecule has 1 amide bonds. The Morgan fingerprint density at radius 1 is 1.15 bits per heavy atom. The van der Waals surface area contributed by atoms with Gasteiger partial charge < -0.3 is 14.8 Å². The van der Waals surface area contributed by atoms with Gasteiger partial charge in [-0.05, 0) is 44.4 Å². The van der Waals surface area contributed by atoms with Gasteiger partial charge in [-0.15, -0.1) is 0 Å². The number of ether oxygens (including phenoxy) is 2. The van der Waals surface area contributed by atoms with Crippen molar-refractivity contribution >= 4 is 5.91 Å². The van der Waals surface area contributed by atoms with Crippen molar-refractivity contribution in [2.24, 2.45) is 5.92 Å². The number of aromatic nitrogens is 2. The Balaban J connectivity index is 2.25. The highest BCUT2D eigenvalue weighted by Crippen LogP contribution is 2.33. The summed E-state index contributed by atoms with van der Waals surface area (Å²) in [4.78, 5) is 12.6. The topological polar surface area (TPSA) is 65.4 Å². The highest BCUT2D eigenvalue weighted by atomic mass is 16.5. The van der Waals surface area contributed by atoms with E-state index >= 15 is 0 Å². The van der Waals surface area contributed by atoms with Crippen LogP contribution in [0.1, 0.15) is 56.6 Å². The maximum Gasteiger partial charge on any atom is 0.254 e. The van der Waals surface area contributed by atoms with E-state index in [1.807, 2.05) is 39.0 Å². The second-order valence-corrected chi connectivity index (χ2v) is 6.35. The first-order valence-electron chi connectivity index (χ1n) is 9.22. The van der Waals surface area contributed by atoms with Crippen molar-refractivity contribution in [1.29, 1.82) is 0 Å². The van der Waals surface area contributed by atoms with Gasteiger partial charge >= 0.3 is 0 Å². The van der Waals surface area contributed by atoms with E-state index in [9.17, 15) is 4.79 Å². The number of hydrogen-bond acceptors (Lipinski definition) is 4. The molecule has 0 bridgehead atoms. The van der Waals surface area contributed by atoms with Crippen LogP contribution in [0.25, 0.3) is 0 Å². The molecule has 1 atom stereocenters. The Kier molecular flexibility index (Phi) is 7.06. The number of hydrogen-bond donors (Lipinski definition) is 1. The highest BCUT2D eigenvalue weighted by molar-refractivity contribution is 5.94. The quantitative estimate of drug-likeness (QED) is 0.739. The molecule has 0 saturated carbocycles. The van der Waals surface area contributed by atoms with Crippen LogP contribution in [0.2, 0.25) is 0 Å². The van der Waals surface area contributed by atoms with E-state index in [-0.39, 0.29) is 17.9 Å². The summed E-state index contributed by atoms with van der Waals surface area (Å²) in [6.07, 6.45) is 3.36. The molecule has 6 heteroatoms. The molecule has 0 aliphatic heterocycles. The summed E-state index contributed by atoms with van der Waals surface area (Å²) in [5.74, 6) is 1.50. The summed E-state index contributed by atoms with van der Waals surface area (Å²) < 4.78 is 13.1. The number of carbonyl (C=O) groups excluding carboxylic acids is 1. The minimum Gasteiger partial charge on any atom is -0.490 e. The fourth-order valence-corrected chi connectivity index (χ4v) is 2.77. The van der Waals surface area contributed by atoms with Gasteiger partial charge in [0.2, 0.25) is 0 Å². The molecule has 0 fully saturated rings. The highest BCUT2D eigenvalue weighted by Gasteiger charge is 2.21. The number of nitrogens with zero attached hydrogens (tertiary/aromatic N) is 2. The maximum absolute atomic E-state index is 12.6. The van der Waals surface area contributed by atoms with Crippen molar-refractivity contribution in [3.05, 3.63) is 41.7 Å². The maximum atomic E-state index is 12.6. The van der Waals surface area contributed by atoms with Gasteiger partial charge in [-0.2, -0.15) is 5.10 Å². The molecule has 142 valence electrons. The number of carbonyl (C=O) groups is 1. The van der Waals surface area contributed by atoms with Crippen molar-refractivity contribution in [3.63, 3.8) is 0 Å². The lowest BCUT2D eigenvalue weighted by molar-refractivity contribution is 0.0925. The number of nitrogens with one attached hydrogen (secondary N) is 1. The molecule has 1 heterocycles. The Labute approximate surface area is 155 Å². The zero-order valence-corrected chi connectivity index (χ0v) is 16.3. The zero-order chi connectivity index (χ0) is 19.1. The van der Waals surface area contributed by atoms with Gasteiger partial charge in [0, 0.05) is 12.7 Å². The molecule has 0 aliphatic carbocycles. The van der Waals surface area contributed by atoms with E-state index in [0.29, 0.717) is 24.5 Å².